The Hall–Kier alpha value is -3.36. The number of halogens is 3. The maximum atomic E-state index is 13.8. The van der Waals surface area contributed by atoms with Crippen LogP contribution in [0.25, 0.3) is 16.8 Å². The predicted molar refractivity (Wildman–Crippen MR) is 133 cm³/mol. The van der Waals surface area contributed by atoms with E-state index in [0.29, 0.717) is 18.2 Å². The van der Waals surface area contributed by atoms with Crippen LogP contribution in [0.5, 0.6) is 0 Å². The Labute approximate surface area is 203 Å². The molecule has 0 atom stereocenters. The summed E-state index contributed by atoms with van der Waals surface area (Å²) in [5.41, 5.74) is 4.48. The van der Waals surface area contributed by atoms with E-state index >= 15 is 0 Å². The molecule has 0 aromatic carbocycles. The molecule has 2 N–H and O–H groups in total. The van der Waals surface area contributed by atoms with Gasteiger partial charge in [-0.3, -0.25) is 0 Å². The molecule has 0 aliphatic heterocycles. The number of alkyl halides is 3. The average Bonchev–Trinajstić information content (AvgIpc) is 3.19. The highest BCUT2D eigenvalue weighted by Crippen LogP contribution is 2.42. The van der Waals surface area contributed by atoms with Crippen molar-refractivity contribution < 1.29 is 13.2 Å². The van der Waals surface area contributed by atoms with Crippen molar-refractivity contribution in [2.75, 3.05) is 18.4 Å². The number of nitrogens with one attached hydrogen (secondary N) is 2. The van der Waals surface area contributed by atoms with Gasteiger partial charge >= 0.3 is 0 Å². The second-order valence-corrected chi connectivity index (χ2v) is 9.76. The van der Waals surface area contributed by atoms with Gasteiger partial charge in [0.2, 0.25) is 11.9 Å². The van der Waals surface area contributed by atoms with Crippen LogP contribution in [-0.4, -0.2) is 44.3 Å². The molecule has 3 aromatic heterocycles. The smallest absolute Gasteiger partial charge is 0.248 e. The number of nitrogens with zero attached hydrogens (tertiary/aromatic N) is 4. The van der Waals surface area contributed by atoms with E-state index in [1.54, 1.807) is 16.9 Å². The van der Waals surface area contributed by atoms with E-state index in [1.807, 2.05) is 38.3 Å². The lowest BCUT2D eigenvalue weighted by molar-refractivity contribution is -0.108. The largest absolute Gasteiger partial charge is 0.385 e. The maximum absolute atomic E-state index is 13.8. The summed E-state index contributed by atoms with van der Waals surface area (Å²) in [4.78, 5) is 8.88. The zero-order valence-electron chi connectivity index (χ0n) is 20.5. The number of allylic oxidation sites excluding steroid dienone is 1. The summed E-state index contributed by atoms with van der Waals surface area (Å²) in [6.45, 7) is 11.5. The van der Waals surface area contributed by atoms with Crippen molar-refractivity contribution in [1.82, 2.24) is 24.9 Å². The number of aromatic nitrogens is 4. The standard InChI is InChI=1S/C26H31F3N6/c1-6-20(21-13-31-24(34-17(21)3)32-15-25(4,5)27)19-7-8-35-23(9-19)22(14-33-35)16(2)30-12-18-10-26(28,29)11-18/h6-9,13-14,18,30H,2,10-12,15H2,1,3-5H3,(H,31,32,34)/b20-6-. The van der Waals surface area contributed by atoms with Crippen molar-refractivity contribution in [3.05, 3.63) is 65.8 Å². The van der Waals surface area contributed by atoms with Crippen molar-refractivity contribution in [2.24, 2.45) is 5.92 Å². The minimum atomic E-state index is -2.53. The number of rotatable bonds is 9. The summed E-state index contributed by atoms with van der Waals surface area (Å²) in [6, 6.07) is 3.97. The molecule has 1 saturated carbocycles. The van der Waals surface area contributed by atoms with Gasteiger partial charge in [-0.05, 0) is 56.9 Å². The van der Waals surface area contributed by atoms with Gasteiger partial charge in [-0.2, -0.15) is 5.10 Å². The summed E-state index contributed by atoms with van der Waals surface area (Å²) in [5, 5.41) is 10.5. The monoisotopic (exact) mass is 484 g/mol. The van der Waals surface area contributed by atoms with Crippen LogP contribution in [0.3, 0.4) is 0 Å². The third kappa shape index (κ3) is 5.66. The molecule has 0 saturated heterocycles. The fourth-order valence-corrected chi connectivity index (χ4v) is 4.26. The molecule has 3 heterocycles. The summed E-state index contributed by atoms with van der Waals surface area (Å²) in [7, 11) is 0. The topological polar surface area (TPSA) is 67.1 Å². The number of fused-ring (bicyclic) bond motifs is 1. The van der Waals surface area contributed by atoms with Crippen LogP contribution in [0.4, 0.5) is 19.1 Å². The molecule has 0 spiro atoms. The zero-order valence-corrected chi connectivity index (χ0v) is 20.5. The van der Waals surface area contributed by atoms with Gasteiger partial charge in [0.05, 0.1) is 24.0 Å². The van der Waals surface area contributed by atoms with Crippen molar-refractivity contribution in [1.29, 1.82) is 0 Å². The molecule has 3 aromatic rings. The van der Waals surface area contributed by atoms with Crippen molar-refractivity contribution in [2.45, 2.75) is 52.1 Å². The Bertz CT molecular complexity index is 1260. The summed E-state index contributed by atoms with van der Waals surface area (Å²) < 4.78 is 41.8. The van der Waals surface area contributed by atoms with E-state index in [1.165, 1.54) is 13.8 Å². The van der Waals surface area contributed by atoms with Gasteiger partial charge in [0.25, 0.3) is 0 Å². The highest BCUT2D eigenvalue weighted by Gasteiger charge is 2.44. The van der Waals surface area contributed by atoms with Crippen LogP contribution in [0.1, 0.15) is 56.0 Å². The molecule has 186 valence electrons. The van der Waals surface area contributed by atoms with E-state index < -0.39 is 11.6 Å². The first-order valence-corrected chi connectivity index (χ1v) is 11.7. The minimum absolute atomic E-state index is 0.0508. The van der Waals surface area contributed by atoms with Crippen LogP contribution >= 0.6 is 0 Å². The molecular formula is C26H31F3N6. The van der Waals surface area contributed by atoms with Crippen LogP contribution in [0, 0.1) is 12.8 Å². The SMILES string of the molecule is C=C(NCC1CC(F)(F)C1)c1cnn2ccc(/C(=C/C)c3cnc(NCC(C)(C)F)nc3C)cc12. The van der Waals surface area contributed by atoms with Crippen molar-refractivity contribution in [3.63, 3.8) is 0 Å². The quantitative estimate of drug-likeness (QED) is 0.411. The summed E-state index contributed by atoms with van der Waals surface area (Å²) in [6.07, 6.45) is 7.15. The highest BCUT2D eigenvalue weighted by atomic mass is 19.3. The lowest BCUT2D eigenvalue weighted by Gasteiger charge is -2.35. The molecule has 0 unspecified atom stereocenters. The third-order valence-corrected chi connectivity index (χ3v) is 6.16. The zero-order chi connectivity index (χ0) is 25.4. The lowest BCUT2D eigenvalue weighted by atomic mass is 9.81. The number of hydrogen-bond acceptors (Lipinski definition) is 5. The third-order valence-electron chi connectivity index (χ3n) is 6.16. The van der Waals surface area contributed by atoms with Crippen LogP contribution < -0.4 is 10.6 Å². The Balaban J connectivity index is 1.54. The Morgan fingerprint density at radius 1 is 1.29 bits per heavy atom. The van der Waals surface area contributed by atoms with E-state index in [0.717, 1.165) is 33.5 Å². The number of aryl methyl sites for hydroxylation is 1. The number of hydrogen-bond donors (Lipinski definition) is 2. The summed E-state index contributed by atoms with van der Waals surface area (Å²) >= 11 is 0. The second kappa shape index (κ2) is 9.36. The normalized spacial score (nSPS) is 16.3. The molecule has 4 rings (SSSR count). The molecular weight excluding hydrogens is 453 g/mol. The maximum Gasteiger partial charge on any atom is 0.248 e. The van der Waals surface area contributed by atoms with Crippen LogP contribution in [-0.2, 0) is 0 Å². The van der Waals surface area contributed by atoms with Gasteiger partial charge in [-0.15, -0.1) is 0 Å². The van der Waals surface area contributed by atoms with E-state index in [9.17, 15) is 13.2 Å². The number of pyridine rings is 1. The minimum Gasteiger partial charge on any atom is -0.385 e. The van der Waals surface area contributed by atoms with Gasteiger partial charge in [-0.25, -0.2) is 27.7 Å². The van der Waals surface area contributed by atoms with Gasteiger partial charge in [0.1, 0.15) is 5.67 Å². The van der Waals surface area contributed by atoms with E-state index in [-0.39, 0.29) is 25.3 Å². The molecule has 0 amide bonds. The first-order chi connectivity index (χ1) is 16.5. The molecule has 6 nitrogen and oxygen atoms in total. The molecule has 0 radical (unpaired) electrons. The van der Waals surface area contributed by atoms with Gasteiger partial charge < -0.3 is 10.6 Å². The molecule has 1 aliphatic carbocycles. The average molecular weight is 485 g/mol. The fourth-order valence-electron chi connectivity index (χ4n) is 4.26. The Morgan fingerprint density at radius 3 is 2.66 bits per heavy atom. The first kappa shape index (κ1) is 24.8. The van der Waals surface area contributed by atoms with Crippen LogP contribution in [0.2, 0.25) is 0 Å². The molecule has 1 fully saturated rings. The van der Waals surface area contributed by atoms with Crippen molar-refractivity contribution in [3.8, 4) is 0 Å². The fraction of sp³-hybridized carbons (Fsp3) is 0.423. The molecule has 1 aliphatic rings. The molecule has 35 heavy (non-hydrogen) atoms. The number of anilines is 1. The molecule has 9 heteroatoms. The first-order valence-electron chi connectivity index (χ1n) is 11.7. The van der Waals surface area contributed by atoms with Gasteiger partial charge in [0, 0.05) is 48.6 Å². The Kier molecular flexibility index (Phi) is 6.62. The second-order valence-electron chi connectivity index (χ2n) is 9.76. The van der Waals surface area contributed by atoms with E-state index in [4.69, 9.17) is 0 Å². The highest BCUT2D eigenvalue weighted by molar-refractivity contribution is 5.84. The Morgan fingerprint density at radius 2 is 2.03 bits per heavy atom. The lowest BCUT2D eigenvalue weighted by Crippen LogP contribution is -2.40. The predicted octanol–water partition coefficient (Wildman–Crippen LogP) is 5.65. The van der Waals surface area contributed by atoms with Crippen molar-refractivity contribution >= 4 is 22.7 Å². The van der Waals surface area contributed by atoms with E-state index in [2.05, 4.69) is 32.3 Å². The van der Waals surface area contributed by atoms with Gasteiger partial charge in [0.15, 0.2) is 0 Å². The summed E-state index contributed by atoms with van der Waals surface area (Å²) in [5.74, 6) is -2.20. The van der Waals surface area contributed by atoms with Crippen LogP contribution in [0.15, 0.2) is 43.4 Å². The molecule has 0 bridgehead atoms. The van der Waals surface area contributed by atoms with Gasteiger partial charge in [-0.1, -0.05) is 12.7 Å².